The van der Waals surface area contributed by atoms with Crippen LogP contribution in [-0.4, -0.2) is 62.2 Å². The molecule has 2 heterocycles. The highest BCUT2D eigenvalue weighted by atomic mass is 32.2. The van der Waals surface area contributed by atoms with Gasteiger partial charge in [-0.25, -0.2) is 13.4 Å². The van der Waals surface area contributed by atoms with Gasteiger partial charge >= 0.3 is 0 Å². The Morgan fingerprint density at radius 3 is 2.71 bits per heavy atom. The Morgan fingerprint density at radius 1 is 1.38 bits per heavy atom. The van der Waals surface area contributed by atoms with Gasteiger partial charge in [-0.2, -0.15) is 0 Å². The third kappa shape index (κ3) is 7.61. The standard InChI is InChI=1S/C24H38N4O4S2/c1-5-6-7-21(29)20(11-17-8-9-33-15-17)26-24(30)18-12-22(25-14-19-10-16(19)2)27-23(13-18)28(3)34(4,31)32/h12-13,15-16,19-21,29H,5-11,14H2,1-4H3,(H,25,27)(H,26,30)/t16?,19?,20-,21-/m0/s1. The van der Waals surface area contributed by atoms with E-state index in [4.69, 9.17) is 0 Å². The highest BCUT2D eigenvalue weighted by Gasteiger charge is 2.32. The van der Waals surface area contributed by atoms with Gasteiger partial charge in [-0.05, 0) is 55.1 Å². The van der Waals surface area contributed by atoms with Crippen molar-refractivity contribution in [2.24, 2.45) is 11.8 Å². The third-order valence-corrected chi connectivity index (χ3v) is 8.74. The topological polar surface area (TPSA) is 112 Å². The number of aromatic nitrogens is 1. The van der Waals surface area contributed by atoms with Crippen molar-refractivity contribution < 1.29 is 18.3 Å². The van der Waals surface area contributed by atoms with Gasteiger partial charge in [-0.3, -0.25) is 9.10 Å². The summed E-state index contributed by atoms with van der Waals surface area (Å²) in [6.07, 6.45) is 5.64. The highest BCUT2D eigenvalue weighted by molar-refractivity contribution is 8.02. The molecule has 1 amide bonds. The van der Waals surface area contributed by atoms with Crippen LogP contribution in [0.1, 0.15) is 62.7 Å². The van der Waals surface area contributed by atoms with E-state index in [0.29, 0.717) is 36.1 Å². The Morgan fingerprint density at radius 2 is 2.12 bits per heavy atom. The molecule has 0 radical (unpaired) electrons. The number of nitrogens with one attached hydrogen (secondary N) is 2. The lowest BCUT2D eigenvalue weighted by molar-refractivity contribution is 0.0808. The number of sulfonamides is 1. The smallest absolute Gasteiger partial charge is 0.251 e. The minimum absolute atomic E-state index is 0.180. The molecule has 0 aromatic carbocycles. The fraction of sp³-hybridized carbons (Fsp3) is 0.667. The predicted molar refractivity (Wildman–Crippen MR) is 140 cm³/mol. The Bertz CT molecular complexity index is 999. The van der Waals surface area contributed by atoms with Crippen molar-refractivity contribution in [1.82, 2.24) is 10.3 Å². The Kier molecular flexibility index (Phi) is 9.28. The summed E-state index contributed by atoms with van der Waals surface area (Å²) >= 11 is 1.76. The van der Waals surface area contributed by atoms with Crippen LogP contribution in [0.15, 0.2) is 23.1 Å². The van der Waals surface area contributed by atoms with E-state index in [-0.39, 0.29) is 11.7 Å². The number of carbonyl (C=O) groups excluding carboxylic acids is 1. The molecule has 190 valence electrons. The second-order valence-electron chi connectivity index (χ2n) is 9.57. The molecule has 1 saturated carbocycles. The van der Waals surface area contributed by atoms with Gasteiger partial charge < -0.3 is 15.7 Å². The first-order valence-electron chi connectivity index (χ1n) is 12.1. The van der Waals surface area contributed by atoms with Crippen LogP contribution < -0.4 is 14.9 Å². The molecule has 1 fully saturated rings. The number of unbranched alkanes of at least 4 members (excludes halogenated alkanes) is 1. The molecule has 10 heteroatoms. The van der Waals surface area contributed by atoms with Gasteiger partial charge in [0.05, 0.1) is 18.4 Å². The van der Waals surface area contributed by atoms with Gasteiger partial charge in [-0.15, -0.1) is 11.8 Å². The van der Waals surface area contributed by atoms with E-state index in [1.807, 2.05) is 0 Å². The van der Waals surface area contributed by atoms with E-state index in [2.05, 4.69) is 34.9 Å². The highest BCUT2D eigenvalue weighted by Crippen LogP contribution is 2.37. The van der Waals surface area contributed by atoms with Gasteiger partial charge in [0.25, 0.3) is 5.91 Å². The number of hydrogen-bond donors (Lipinski definition) is 3. The molecule has 3 rings (SSSR count). The lowest BCUT2D eigenvalue weighted by Crippen LogP contribution is -2.43. The molecule has 1 aliphatic carbocycles. The second-order valence-corrected chi connectivity index (χ2v) is 12.6. The van der Waals surface area contributed by atoms with Gasteiger partial charge in [0.1, 0.15) is 11.6 Å². The van der Waals surface area contributed by atoms with E-state index >= 15 is 0 Å². The van der Waals surface area contributed by atoms with Crippen LogP contribution in [0.5, 0.6) is 0 Å². The molecule has 0 spiro atoms. The summed E-state index contributed by atoms with van der Waals surface area (Å²) in [5.74, 6) is 2.55. The van der Waals surface area contributed by atoms with Gasteiger partial charge in [0.15, 0.2) is 0 Å². The van der Waals surface area contributed by atoms with Crippen LogP contribution in [0.4, 0.5) is 11.6 Å². The van der Waals surface area contributed by atoms with E-state index in [9.17, 15) is 18.3 Å². The maximum atomic E-state index is 13.3. The lowest BCUT2D eigenvalue weighted by Gasteiger charge is -2.25. The zero-order valence-corrected chi connectivity index (χ0v) is 22.2. The molecule has 3 N–H and O–H groups in total. The summed E-state index contributed by atoms with van der Waals surface area (Å²) in [4.78, 5) is 17.8. The van der Waals surface area contributed by atoms with E-state index in [1.54, 1.807) is 17.8 Å². The number of aliphatic hydroxyl groups is 1. The Labute approximate surface area is 208 Å². The number of hydrogen-bond acceptors (Lipinski definition) is 7. The van der Waals surface area contributed by atoms with Crippen molar-refractivity contribution in [3.8, 4) is 0 Å². The third-order valence-electron chi connectivity index (χ3n) is 6.62. The minimum atomic E-state index is -3.54. The first-order valence-corrected chi connectivity index (χ1v) is 15.0. The van der Waals surface area contributed by atoms with Crippen LogP contribution in [0, 0.1) is 11.8 Å². The van der Waals surface area contributed by atoms with Crippen molar-refractivity contribution in [3.63, 3.8) is 0 Å². The van der Waals surface area contributed by atoms with Crippen molar-refractivity contribution in [2.75, 3.05) is 35.2 Å². The summed E-state index contributed by atoms with van der Waals surface area (Å²) in [5.41, 5.74) is 1.55. The number of rotatable bonds is 13. The average Bonchev–Trinajstić information content (AvgIpc) is 3.26. The minimum Gasteiger partial charge on any atom is -0.391 e. The fourth-order valence-electron chi connectivity index (χ4n) is 4.00. The van der Waals surface area contributed by atoms with E-state index in [0.717, 1.165) is 48.5 Å². The first-order chi connectivity index (χ1) is 16.1. The van der Waals surface area contributed by atoms with Gasteiger partial charge in [0, 0.05) is 24.9 Å². The Balaban J connectivity index is 1.82. The quantitative estimate of drug-likeness (QED) is 0.372. The van der Waals surface area contributed by atoms with Crippen LogP contribution >= 0.6 is 11.8 Å². The molecular formula is C24H38N4O4S2. The number of nitrogens with zero attached hydrogens (tertiary/aromatic N) is 2. The Hall–Kier alpha value is -1.78. The zero-order chi connectivity index (χ0) is 24.9. The molecular weight excluding hydrogens is 472 g/mol. The van der Waals surface area contributed by atoms with E-state index in [1.165, 1.54) is 18.7 Å². The van der Waals surface area contributed by atoms with Gasteiger partial charge in [0.2, 0.25) is 10.0 Å². The average molecular weight is 511 g/mol. The maximum absolute atomic E-state index is 13.3. The molecule has 8 nitrogen and oxygen atoms in total. The van der Waals surface area contributed by atoms with E-state index < -0.39 is 22.2 Å². The van der Waals surface area contributed by atoms with Crippen LogP contribution in [-0.2, 0) is 10.0 Å². The molecule has 34 heavy (non-hydrogen) atoms. The molecule has 1 aromatic rings. The fourth-order valence-corrected chi connectivity index (χ4v) is 5.38. The zero-order valence-electron chi connectivity index (χ0n) is 20.6. The number of pyridine rings is 1. The van der Waals surface area contributed by atoms with Crippen LogP contribution in [0.3, 0.4) is 0 Å². The SMILES string of the molecule is CCCC[C@H](O)[C@H](CC1=CSCC1)NC(=O)c1cc(NCC2CC2C)nc(N(C)S(C)(=O)=O)c1. The molecule has 1 aromatic heterocycles. The molecule has 0 bridgehead atoms. The van der Waals surface area contributed by atoms with Crippen LogP contribution in [0.2, 0.25) is 0 Å². The first kappa shape index (κ1) is 26.8. The predicted octanol–water partition coefficient (Wildman–Crippen LogP) is 3.61. The van der Waals surface area contributed by atoms with Crippen LogP contribution in [0.25, 0.3) is 0 Å². The van der Waals surface area contributed by atoms with Crippen molar-refractivity contribution in [2.45, 2.75) is 64.5 Å². The number of thioether (sulfide) groups is 1. The monoisotopic (exact) mass is 510 g/mol. The normalized spacial score (nSPS) is 21.5. The molecule has 2 aliphatic rings. The summed E-state index contributed by atoms with van der Waals surface area (Å²) in [5, 5.41) is 19.2. The summed E-state index contributed by atoms with van der Waals surface area (Å²) in [6.45, 7) is 4.99. The number of carbonyl (C=O) groups is 1. The number of aliphatic hydroxyl groups excluding tert-OH is 1. The summed E-state index contributed by atoms with van der Waals surface area (Å²) < 4.78 is 25.3. The van der Waals surface area contributed by atoms with Crippen molar-refractivity contribution in [3.05, 3.63) is 28.7 Å². The second kappa shape index (κ2) is 11.8. The number of anilines is 2. The van der Waals surface area contributed by atoms with Crippen molar-refractivity contribution in [1.29, 1.82) is 0 Å². The summed E-state index contributed by atoms with van der Waals surface area (Å²) in [6, 6.07) is 2.74. The van der Waals surface area contributed by atoms with Crippen molar-refractivity contribution >= 4 is 39.3 Å². The van der Waals surface area contributed by atoms with Gasteiger partial charge in [-0.1, -0.05) is 32.3 Å². The molecule has 2 unspecified atom stereocenters. The molecule has 4 atom stereocenters. The number of amides is 1. The largest absolute Gasteiger partial charge is 0.391 e. The molecule has 0 saturated heterocycles. The maximum Gasteiger partial charge on any atom is 0.251 e. The summed E-state index contributed by atoms with van der Waals surface area (Å²) in [7, 11) is -2.12. The molecule has 1 aliphatic heterocycles. The lowest BCUT2D eigenvalue weighted by atomic mass is 9.97.